The lowest BCUT2D eigenvalue weighted by atomic mass is 10.3. The van der Waals surface area contributed by atoms with E-state index in [9.17, 15) is 4.79 Å². The zero-order valence-corrected chi connectivity index (χ0v) is 9.01. The van der Waals surface area contributed by atoms with Crippen molar-refractivity contribution in [1.82, 2.24) is 15.1 Å². The Morgan fingerprint density at radius 2 is 2.21 bits per heavy atom. The molecule has 0 saturated carbocycles. The van der Waals surface area contributed by atoms with Crippen molar-refractivity contribution in [3.05, 3.63) is 11.3 Å². The van der Waals surface area contributed by atoms with E-state index >= 15 is 0 Å². The average Bonchev–Trinajstić information content (AvgIpc) is 2.48. The number of anilines is 1. The van der Waals surface area contributed by atoms with Crippen LogP contribution in [0.3, 0.4) is 0 Å². The fourth-order valence-electron chi connectivity index (χ4n) is 0.947. The molecular weight excluding hydrogens is 180 g/mol. The Labute approximate surface area is 83.5 Å². The predicted octanol–water partition coefficient (Wildman–Crippen LogP) is 1.51. The van der Waals surface area contributed by atoms with Gasteiger partial charge in [-0.3, -0.25) is 10.4 Å². The van der Waals surface area contributed by atoms with Crippen LogP contribution in [0.5, 0.6) is 0 Å². The van der Waals surface area contributed by atoms with Crippen molar-refractivity contribution in [2.75, 3.05) is 18.9 Å². The van der Waals surface area contributed by atoms with Gasteiger partial charge in [0.1, 0.15) is 0 Å². The zero-order valence-electron chi connectivity index (χ0n) is 9.01. The highest BCUT2D eigenvalue weighted by molar-refractivity contribution is 5.88. The number of nitrogens with one attached hydrogen (secondary N) is 2. The summed E-state index contributed by atoms with van der Waals surface area (Å²) in [6.07, 6.45) is 0. The van der Waals surface area contributed by atoms with Gasteiger partial charge in [0.2, 0.25) is 0 Å². The topological polar surface area (TPSA) is 61.0 Å². The SMILES string of the molecule is CCN(C)C(=O)Nc1n[nH]c(C)c1C. The number of hydrogen-bond acceptors (Lipinski definition) is 2. The first-order chi connectivity index (χ1) is 6.56. The van der Waals surface area contributed by atoms with Gasteiger partial charge in [-0.05, 0) is 20.8 Å². The number of hydrogen-bond donors (Lipinski definition) is 2. The molecule has 0 aliphatic rings. The van der Waals surface area contributed by atoms with Crippen LogP contribution in [-0.2, 0) is 0 Å². The number of aromatic nitrogens is 2. The lowest BCUT2D eigenvalue weighted by molar-refractivity contribution is 0.224. The quantitative estimate of drug-likeness (QED) is 0.753. The molecule has 5 heteroatoms. The standard InChI is InChI=1S/C9H16N4O/c1-5-13(4)9(14)10-8-6(2)7(3)11-12-8/h5H2,1-4H3,(H2,10,11,12,14). The minimum Gasteiger partial charge on any atom is -0.328 e. The summed E-state index contributed by atoms with van der Waals surface area (Å²) in [5, 5.41) is 9.53. The Bertz CT molecular complexity index is 332. The molecule has 0 aliphatic carbocycles. The maximum atomic E-state index is 11.5. The lowest BCUT2D eigenvalue weighted by Gasteiger charge is -2.14. The number of carbonyl (C=O) groups is 1. The van der Waals surface area contributed by atoms with E-state index in [-0.39, 0.29) is 6.03 Å². The van der Waals surface area contributed by atoms with Crippen LogP contribution in [-0.4, -0.2) is 34.7 Å². The highest BCUT2D eigenvalue weighted by Gasteiger charge is 2.11. The summed E-state index contributed by atoms with van der Waals surface area (Å²) in [5.41, 5.74) is 1.95. The molecule has 1 aromatic rings. The van der Waals surface area contributed by atoms with Gasteiger partial charge in [-0.15, -0.1) is 0 Å². The molecule has 0 fully saturated rings. The first-order valence-electron chi connectivity index (χ1n) is 4.60. The lowest BCUT2D eigenvalue weighted by Crippen LogP contribution is -2.31. The molecule has 1 heterocycles. The number of H-pyrrole nitrogens is 1. The highest BCUT2D eigenvalue weighted by Crippen LogP contribution is 2.13. The third kappa shape index (κ3) is 2.04. The first-order valence-corrected chi connectivity index (χ1v) is 4.60. The van der Waals surface area contributed by atoms with Crippen molar-refractivity contribution in [2.24, 2.45) is 0 Å². The molecule has 1 aromatic heterocycles. The van der Waals surface area contributed by atoms with E-state index in [2.05, 4.69) is 15.5 Å². The van der Waals surface area contributed by atoms with Gasteiger partial charge in [0.05, 0.1) is 0 Å². The van der Waals surface area contributed by atoms with Crippen molar-refractivity contribution in [2.45, 2.75) is 20.8 Å². The Balaban J connectivity index is 2.70. The maximum absolute atomic E-state index is 11.5. The number of aromatic amines is 1. The van der Waals surface area contributed by atoms with Crippen molar-refractivity contribution >= 4 is 11.8 Å². The van der Waals surface area contributed by atoms with Crippen molar-refractivity contribution in [3.8, 4) is 0 Å². The molecule has 2 N–H and O–H groups in total. The van der Waals surface area contributed by atoms with E-state index in [4.69, 9.17) is 0 Å². The molecule has 0 aliphatic heterocycles. The summed E-state index contributed by atoms with van der Waals surface area (Å²) < 4.78 is 0. The second-order valence-electron chi connectivity index (χ2n) is 3.27. The van der Waals surface area contributed by atoms with Gasteiger partial charge >= 0.3 is 6.03 Å². The van der Waals surface area contributed by atoms with Gasteiger partial charge in [-0.1, -0.05) is 0 Å². The van der Waals surface area contributed by atoms with Gasteiger partial charge in [0.15, 0.2) is 5.82 Å². The van der Waals surface area contributed by atoms with E-state index < -0.39 is 0 Å². The van der Waals surface area contributed by atoms with E-state index in [0.29, 0.717) is 12.4 Å². The summed E-state index contributed by atoms with van der Waals surface area (Å²) >= 11 is 0. The largest absolute Gasteiger partial charge is 0.328 e. The van der Waals surface area contributed by atoms with Crippen LogP contribution in [0.15, 0.2) is 0 Å². The van der Waals surface area contributed by atoms with Crippen molar-refractivity contribution < 1.29 is 4.79 Å². The van der Waals surface area contributed by atoms with E-state index in [0.717, 1.165) is 11.3 Å². The number of amides is 2. The molecule has 1 rings (SSSR count). The van der Waals surface area contributed by atoms with E-state index in [1.54, 1.807) is 11.9 Å². The van der Waals surface area contributed by atoms with Crippen LogP contribution in [0.1, 0.15) is 18.2 Å². The molecule has 0 spiro atoms. The van der Waals surface area contributed by atoms with Crippen molar-refractivity contribution in [1.29, 1.82) is 0 Å². The van der Waals surface area contributed by atoms with Gasteiger partial charge < -0.3 is 4.90 Å². The van der Waals surface area contributed by atoms with Gasteiger partial charge in [-0.25, -0.2) is 4.79 Å². The molecule has 0 bridgehead atoms. The smallest absolute Gasteiger partial charge is 0.322 e. The molecule has 0 atom stereocenters. The molecule has 2 amide bonds. The van der Waals surface area contributed by atoms with E-state index in [1.807, 2.05) is 20.8 Å². The second-order valence-corrected chi connectivity index (χ2v) is 3.27. The average molecular weight is 196 g/mol. The fraction of sp³-hybridized carbons (Fsp3) is 0.556. The minimum atomic E-state index is -0.137. The minimum absolute atomic E-state index is 0.137. The predicted molar refractivity (Wildman–Crippen MR) is 55.4 cm³/mol. The van der Waals surface area contributed by atoms with Crippen LogP contribution in [0, 0.1) is 13.8 Å². The molecule has 0 aromatic carbocycles. The van der Waals surface area contributed by atoms with Crippen LogP contribution in [0.25, 0.3) is 0 Å². The van der Waals surface area contributed by atoms with Crippen LogP contribution in [0.2, 0.25) is 0 Å². The Hall–Kier alpha value is -1.52. The van der Waals surface area contributed by atoms with Crippen LogP contribution in [0.4, 0.5) is 10.6 Å². The third-order valence-electron chi connectivity index (χ3n) is 2.30. The van der Waals surface area contributed by atoms with Gasteiger partial charge in [0.25, 0.3) is 0 Å². The molecule has 0 unspecified atom stereocenters. The number of urea groups is 1. The highest BCUT2D eigenvalue weighted by atomic mass is 16.2. The fourth-order valence-corrected chi connectivity index (χ4v) is 0.947. The number of nitrogens with zero attached hydrogens (tertiary/aromatic N) is 2. The van der Waals surface area contributed by atoms with Crippen LogP contribution < -0.4 is 5.32 Å². The Morgan fingerprint density at radius 3 is 2.64 bits per heavy atom. The number of carbonyl (C=O) groups excluding carboxylic acids is 1. The summed E-state index contributed by atoms with van der Waals surface area (Å²) in [4.78, 5) is 13.1. The van der Waals surface area contributed by atoms with Crippen molar-refractivity contribution in [3.63, 3.8) is 0 Å². The molecule has 0 radical (unpaired) electrons. The molecule has 0 saturated heterocycles. The van der Waals surface area contributed by atoms with Gasteiger partial charge in [-0.2, -0.15) is 5.10 Å². The summed E-state index contributed by atoms with van der Waals surface area (Å²) in [5.74, 6) is 0.604. The first kappa shape index (κ1) is 10.6. The number of aryl methyl sites for hydroxylation is 1. The van der Waals surface area contributed by atoms with Gasteiger partial charge in [0, 0.05) is 24.8 Å². The summed E-state index contributed by atoms with van der Waals surface area (Å²) in [7, 11) is 1.74. The second kappa shape index (κ2) is 4.13. The Kier molecular flexibility index (Phi) is 3.11. The Morgan fingerprint density at radius 1 is 1.57 bits per heavy atom. The zero-order chi connectivity index (χ0) is 10.7. The molecule has 5 nitrogen and oxygen atoms in total. The van der Waals surface area contributed by atoms with Crippen LogP contribution >= 0.6 is 0 Å². The van der Waals surface area contributed by atoms with E-state index in [1.165, 1.54) is 0 Å². The normalized spacial score (nSPS) is 10.0. The molecule has 78 valence electrons. The summed E-state index contributed by atoms with van der Waals surface area (Å²) in [6.45, 7) is 6.43. The third-order valence-corrected chi connectivity index (χ3v) is 2.30. The molecular formula is C9H16N4O. The molecule has 14 heavy (non-hydrogen) atoms. The monoisotopic (exact) mass is 196 g/mol. The summed E-state index contributed by atoms with van der Waals surface area (Å²) in [6, 6.07) is -0.137. The maximum Gasteiger partial charge on any atom is 0.322 e. The number of rotatable bonds is 2.